The van der Waals surface area contributed by atoms with Crippen LogP contribution in [-0.4, -0.2) is 46.5 Å². The summed E-state index contributed by atoms with van der Waals surface area (Å²) in [6.45, 7) is 3.36. The van der Waals surface area contributed by atoms with Crippen molar-refractivity contribution in [2.24, 2.45) is 0 Å². The maximum absolute atomic E-state index is 5.53. The zero-order valence-corrected chi connectivity index (χ0v) is 18.3. The zero-order chi connectivity index (χ0) is 21.0. The average Bonchev–Trinajstić information content (AvgIpc) is 3.49. The predicted octanol–water partition coefficient (Wildman–Crippen LogP) is 4.26. The molecule has 0 spiro atoms. The third-order valence-electron chi connectivity index (χ3n) is 5.12. The molecule has 5 rings (SSSR count). The Balaban J connectivity index is 1.26. The van der Waals surface area contributed by atoms with Crippen LogP contribution in [0.4, 0.5) is 29.0 Å². The summed E-state index contributed by atoms with van der Waals surface area (Å²) in [6.07, 6.45) is 6.22. The van der Waals surface area contributed by atoms with E-state index in [0.29, 0.717) is 17.6 Å². The number of ether oxygens (including phenoxy) is 2. The van der Waals surface area contributed by atoms with Gasteiger partial charge in [-0.15, -0.1) is 0 Å². The van der Waals surface area contributed by atoms with Gasteiger partial charge in [0.1, 0.15) is 6.10 Å². The van der Waals surface area contributed by atoms with Gasteiger partial charge in [-0.3, -0.25) is 5.10 Å². The topological polar surface area (TPSA) is 100 Å². The van der Waals surface area contributed by atoms with Gasteiger partial charge in [-0.25, -0.2) is 4.98 Å². The molecule has 2 aromatic heterocycles. The zero-order valence-electron chi connectivity index (χ0n) is 16.7. The number of halogens is 1. The van der Waals surface area contributed by atoms with Crippen LogP contribution in [0.2, 0.25) is 0 Å². The van der Waals surface area contributed by atoms with Crippen molar-refractivity contribution < 1.29 is 9.47 Å². The van der Waals surface area contributed by atoms with Crippen molar-refractivity contribution >= 4 is 44.9 Å². The van der Waals surface area contributed by atoms with Crippen molar-refractivity contribution in [3.63, 3.8) is 0 Å². The van der Waals surface area contributed by atoms with Gasteiger partial charge < -0.3 is 25.0 Å². The Labute approximate surface area is 188 Å². The van der Waals surface area contributed by atoms with Gasteiger partial charge in [0.15, 0.2) is 11.6 Å². The molecule has 3 aromatic rings. The molecule has 160 valence electrons. The molecule has 1 fully saturated rings. The molecule has 0 aliphatic carbocycles. The highest BCUT2D eigenvalue weighted by Crippen LogP contribution is 2.29. The number of hydrogen-bond acceptors (Lipinski definition) is 8. The minimum absolute atomic E-state index is 0.0189. The Morgan fingerprint density at radius 2 is 1.97 bits per heavy atom. The lowest BCUT2D eigenvalue weighted by atomic mass is 10.2. The van der Waals surface area contributed by atoms with Gasteiger partial charge in [0.25, 0.3) is 0 Å². The lowest BCUT2D eigenvalue weighted by molar-refractivity contribution is 0.122. The summed E-state index contributed by atoms with van der Waals surface area (Å²) < 4.78 is 11.7. The van der Waals surface area contributed by atoms with Gasteiger partial charge in [-0.05, 0) is 46.3 Å². The molecular weight excluding hydrogens is 462 g/mol. The molecule has 0 amide bonds. The largest absolute Gasteiger partial charge is 0.492 e. The quantitative estimate of drug-likeness (QED) is 0.478. The molecule has 3 N–H and O–H groups in total. The summed E-state index contributed by atoms with van der Waals surface area (Å²) in [5.41, 5.74) is 3.01. The van der Waals surface area contributed by atoms with Gasteiger partial charge in [-0.1, -0.05) is 0 Å². The second kappa shape index (κ2) is 8.94. The smallest absolute Gasteiger partial charge is 0.229 e. The second-order valence-corrected chi connectivity index (χ2v) is 8.08. The summed E-state index contributed by atoms with van der Waals surface area (Å²) in [6, 6.07) is 10.2. The Morgan fingerprint density at radius 1 is 1.13 bits per heavy atom. The van der Waals surface area contributed by atoms with E-state index in [-0.39, 0.29) is 6.10 Å². The van der Waals surface area contributed by atoms with Gasteiger partial charge in [0, 0.05) is 43.1 Å². The van der Waals surface area contributed by atoms with E-state index >= 15 is 0 Å². The summed E-state index contributed by atoms with van der Waals surface area (Å²) in [5.74, 6) is 1.76. The lowest BCUT2D eigenvalue weighted by Crippen LogP contribution is -2.36. The van der Waals surface area contributed by atoms with Crippen molar-refractivity contribution in [3.05, 3.63) is 59.0 Å². The van der Waals surface area contributed by atoms with Crippen LogP contribution in [0.1, 0.15) is 18.2 Å². The minimum atomic E-state index is -0.0189. The number of morpholine rings is 1. The Hall–Kier alpha value is -3.11. The Kier molecular flexibility index (Phi) is 5.72. The molecule has 31 heavy (non-hydrogen) atoms. The number of aromatic amines is 1. The molecule has 2 aliphatic heterocycles. The van der Waals surface area contributed by atoms with E-state index in [2.05, 4.69) is 63.8 Å². The number of H-pyrrole nitrogens is 1. The lowest BCUT2D eigenvalue weighted by Gasteiger charge is -2.28. The molecule has 0 radical (unpaired) electrons. The number of benzene rings is 1. The highest BCUT2D eigenvalue weighted by molar-refractivity contribution is 9.10. The van der Waals surface area contributed by atoms with Crippen LogP contribution in [0.15, 0.2) is 53.3 Å². The van der Waals surface area contributed by atoms with Crippen molar-refractivity contribution in [3.8, 4) is 0 Å². The first-order valence-electron chi connectivity index (χ1n) is 10.1. The number of nitrogens with zero attached hydrogens (tertiary/aromatic N) is 4. The molecule has 4 heterocycles. The second-order valence-electron chi connectivity index (χ2n) is 7.23. The molecule has 0 bridgehead atoms. The molecule has 1 aromatic carbocycles. The Morgan fingerprint density at radius 3 is 2.74 bits per heavy atom. The van der Waals surface area contributed by atoms with Gasteiger partial charge in [0.2, 0.25) is 5.95 Å². The van der Waals surface area contributed by atoms with Crippen LogP contribution in [0, 0.1) is 0 Å². The molecule has 0 saturated carbocycles. The van der Waals surface area contributed by atoms with E-state index in [1.54, 1.807) is 12.5 Å². The first-order valence-corrected chi connectivity index (χ1v) is 10.9. The third-order valence-corrected chi connectivity index (χ3v) is 5.70. The Bertz CT molecular complexity index is 1060. The van der Waals surface area contributed by atoms with E-state index in [9.17, 15) is 0 Å². The summed E-state index contributed by atoms with van der Waals surface area (Å²) in [5, 5.41) is 13.8. The molecule has 2 aliphatic rings. The summed E-state index contributed by atoms with van der Waals surface area (Å²) in [7, 11) is 0. The fraction of sp³-hybridized carbons (Fsp3) is 0.286. The molecule has 10 heteroatoms. The van der Waals surface area contributed by atoms with Crippen LogP contribution in [-0.2, 0) is 9.47 Å². The molecule has 9 nitrogen and oxygen atoms in total. The van der Waals surface area contributed by atoms with Crippen LogP contribution in [0.3, 0.4) is 0 Å². The van der Waals surface area contributed by atoms with E-state index in [1.807, 2.05) is 24.3 Å². The van der Waals surface area contributed by atoms with Gasteiger partial charge in [0.05, 0.1) is 29.6 Å². The molecule has 1 unspecified atom stereocenters. The van der Waals surface area contributed by atoms with E-state index < -0.39 is 0 Å². The van der Waals surface area contributed by atoms with Crippen LogP contribution < -0.4 is 15.5 Å². The normalized spacial score (nSPS) is 18.1. The highest BCUT2D eigenvalue weighted by atomic mass is 79.9. The average molecular weight is 484 g/mol. The van der Waals surface area contributed by atoms with Crippen LogP contribution in [0.5, 0.6) is 0 Å². The van der Waals surface area contributed by atoms with Crippen molar-refractivity contribution in [2.45, 2.75) is 12.5 Å². The van der Waals surface area contributed by atoms with Crippen molar-refractivity contribution in [1.82, 2.24) is 20.2 Å². The fourth-order valence-corrected chi connectivity index (χ4v) is 3.78. The van der Waals surface area contributed by atoms with Crippen LogP contribution in [0.25, 0.3) is 0 Å². The maximum atomic E-state index is 5.53. The first kappa shape index (κ1) is 19.8. The van der Waals surface area contributed by atoms with Crippen LogP contribution >= 0.6 is 15.9 Å². The monoisotopic (exact) mass is 483 g/mol. The highest BCUT2D eigenvalue weighted by Gasteiger charge is 2.17. The minimum Gasteiger partial charge on any atom is -0.492 e. The van der Waals surface area contributed by atoms with E-state index in [4.69, 9.17) is 9.47 Å². The van der Waals surface area contributed by atoms with Gasteiger partial charge in [-0.2, -0.15) is 10.1 Å². The number of anilines is 5. The number of nitrogens with one attached hydrogen (secondary N) is 3. The standard InChI is InChI=1S/C21H22BrN7O2/c22-16-13-23-21(24-14-3-5-15(6-4-14)29-7-10-30-11-8-29)26-20(16)25-19-12-17(27-28-19)18-2-1-9-31-18/h1,3-6,9,12-13,18H,2,7-8,10-11H2,(H3,23,24,25,26,27,28). The molecule has 1 saturated heterocycles. The van der Waals surface area contributed by atoms with E-state index in [0.717, 1.165) is 48.6 Å². The summed E-state index contributed by atoms with van der Waals surface area (Å²) >= 11 is 3.50. The molecule has 1 atom stereocenters. The SMILES string of the molecule is Brc1cnc(Nc2ccc(N3CCOCC3)cc2)nc1Nc1cc(C2CC=CO2)[nH]n1. The molecular formula is C21H22BrN7O2. The van der Waals surface area contributed by atoms with E-state index in [1.165, 1.54) is 5.69 Å². The number of hydrogen-bond donors (Lipinski definition) is 3. The van der Waals surface area contributed by atoms with Gasteiger partial charge >= 0.3 is 0 Å². The predicted molar refractivity (Wildman–Crippen MR) is 122 cm³/mol. The number of rotatable bonds is 6. The first-order chi connectivity index (χ1) is 15.2. The third kappa shape index (κ3) is 4.64. The van der Waals surface area contributed by atoms with Crippen molar-refractivity contribution in [1.29, 1.82) is 0 Å². The number of aromatic nitrogens is 4. The maximum Gasteiger partial charge on any atom is 0.229 e. The van der Waals surface area contributed by atoms with Crippen molar-refractivity contribution in [2.75, 3.05) is 41.8 Å². The fourth-order valence-electron chi connectivity index (χ4n) is 3.49. The summed E-state index contributed by atoms with van der Waals surface area (Å²) in [4.78, 5) is 11.3.